The van der Waals surface area contributed by atoms with Crippen LogP contribution in [0.15, 0.2) is 41.5 Å². The third-order valence-electron chi connectivity index (χ3n) is 5.63. The largest absolute Gasteiger partial charge is 0.507 e. The summed E-state index contributed by atoms with van der Waals surface area (Å²) in [5.74, 6) is 0.608. The number of carbonyl (C=O) groups excluding carboxylic acids is 1. The fourth-order valence-electron chi connectivity index (χ4n) is 4.01. The van der Waals surface area contributed by atoms with Gasteiger partial charge in [0.1, 0.15) is 5.75 Å². The number of fused-ring (bicyclic) bond motifs is 2. The Morgan fingerprint density at radius 3 is 2.82 bits per heavy atom. The first-order valence-electron chi connectivity index (χ1n) is 7.69. The molecule has 2 aliphatic carbocycles. The zero-order valence-corrected chi connectivity index (χ0v) is 13.1. The molecule has 0 spiro atoms. The van der Waals surface area contributed by atoms with E-state index in [1.807, 2.05) is 6.07 Å². The quantitative estimate of drug-likeness (QED) is 0.511. The Morgan fingerprint density at radius 2 is 2.18 bits per heavy atom. The molecule has 0 aromatic heterocycles. The molecule has 116 valence electrons. The lowest BCUT2D eigenvalue weighted by Gasteiger charge is -2.36. The molecule has 2 bridgehead atoms. The average molecular weight is 298 g/mol. The molecule has 0 radical (unpaired) electrons. The van der Waals surface area contributed by atoms with Gasteiger partial charge in [-0.15, -0.1) is 0 Å². The van der Waals surface area contributed by atoms with Crippen LogP contribution in [0.5, 0.6) is 5.75 Å². The maximum atomic E-state index is 12.7. The van der Waals surface area contributed by atoms with E-state index in [2.05, 4.69) is 31.0 Å². The molecule has 22 heavy (non-hydrogen) atoms. The topological polar surface area (TPSA) is 61.7 Å². The number of hydrogen-bond donors (Lipinski definition) is 2. The normalized spacial score (nSPS) is 29.2. The van der Waals surface area contributed by atoms with Crippen molar-refractivity contribution < 1.29 is 9.90 Å². The number of nitrogens with one attached hydrogen (secondary N) is 1. The van der Waals surface area contributed by atoms with Crippen molar-refractivity contribution in [2.75, 3.05) is 0 Å². The zero-order chi connectivity index (χ0) is 16.0. The number of benzene rings is 1. The van der Waals surface area contributed by atoms with Gasteiger partial charge in [-0.05, 0) is 42.7 Å². The van der Waals surface area contributed by atoms with E-state index in [9.17, 15) is 9.90 Å². The highest BCUT2D eigenvalue weighted by Gasteiger charge is 2.60. The molecule has 4 nitrogen and oxygen atoms in total. The summed E-state index contributed by atoms with van der Waals surface area (Å²) in [6.45, 7) is 8.57. The minimum absolute atomic E-state index is 0.0248. The molecule has 2 aliphatic rings. The van der Waals surface area contributed by atoms with Gasteiger partial charge in [-0.1, -0.05) is 38.1 Å². The van der Waals surface area contributed by atoms with E-state index in [0.29, 0.717) is 11.5 Å². The van der Waals surface area contributed by atoms with Gasteiger partial charge in [0.05, 0.1) is 11.6 Å². The van der Waals surface area contributed by atoms with Gasteiger partial charge in [-0.25, -0.2) is 5.43 Å². The third kappa shape index (κ3) is 2.05. The van der Waals surface area contributed by atoms with E-state index in [-0.39, 0.29) is 17.1 Å². The van der Waals surface area contributed by atoms with Crippen molar-refractivity contribution in [3.8, 4) is 5.75 Å². The molecule has 3 rings (SSSR count). The first-order chi connectivity index (χ1) is 10.4. The van der Waals surface area contributed by atoms with Gasteiger partial charge in [0, 0.05) is 5.56 Å². The number of aromatic hydroxyl groups is 1. The van der Waals surface area contributed by atoms with Crippen molar-refractivity contribution in [2.45, 2.75) is 33.1 Å². The van der Waals surface area contributed by atoms with Crippen molar-refractivity contribution in [3.63, 3.8) is 0 Å². The molecular weight excluding hydrogens is 276 g/mol. The van der Waals surface area contributed by atoms with Crippen molar-refractivity contribution in [3.05, 3.63) is 42.0 Å². The predicted octanol–water partition coefficient (Wildman–Crippen LogP) is 3.22. The Bertz CT molecular complexity index is 663. The average Bonchev–Trinajstić information content (AvgIpc) is 3.01. The van der Waals surface area contributed by atoms with Gasteiger partial charge < -0.3 is 5.11 Å². The summed E-state index contributed by atoms with van der Waals surface area (Å²) in [4.78, 5) is 12.7. The summed E-state index contributed by atoms with van der Waals surface area (Å²) in [7, 11) is 0. The summed E-state index contributed by atoms with van der Waals surface area (Å²) >= 11 is 0. The van der Waals surface area contributed by atoms with Crippen LogP contribution in [0, 0.1) is 16.7 Å². The van der Waals surface area contributed by atoms with E-state index in [0.717, 1.165) is 24.8 Å². The van der Waals surface area contributed by atoms with Crippen LogP contribution >= 0.6 is 0 Å². The summed E-state index contributed by atoms with van der Waals surface area (Å²) in [6, 6.07) is 6.88. The Hall–Kier alpha value is -2.10. The molecule has 2 fully saturated rings. The van der Waals surface area contributed by atoms with Crippen LogP contribution in [0.25, 0.3) is 0 Å². The Kier molecular flexibility index (Phi) is 3.35. The van der Waals surface area contributed by atoms with Gasteiger partial charge in [-0.2, -0.15) is 5.10 Å². The molecule has 1 amide bonds. The number of hydrogen-bond acceptors (Lipinski definition) is 3. The number of nitrogens with zero attached hydrogens (tertiary/aromatic N) is 1. The fraction of sp³-hybridized carbons (Fsp3) is 0.444. The highest BCUT2D eigenvalue weighted by Crippen LogP contribution is 2.65. The van der Waals surface area contributed by atoms with Crippen LogP contribution in [0.3, 0.4) is 0 Å². The zero-order valence-electron chi connectivity index (χ0n) is 13.1. The fourth-order valence-corrected chi connectivity index (χ4v) is 4.01. The first-order valence-corrected chi connectivity index (χ1v) is 7.69. The third-order valence-corrected chi connectivity index (χ3v) is 5.63. The number of phenols is 1. The van der Waals surface area contributed by atoms with Gasteiger partial charge >= 0.3 is 0 Å². The highest BCUT2D eigenvalue weighted by atomic mass is 16.3. The van der Waals surface area contributed by atoms with E-state index in [1.165, 1.54) is 6.21 Å². The molecule has 0 heterocycles. The van der Waals surface area contributed by atoms with Crippen LogP contribution in [0.2, 0.25) is 0 Å². The molecule has 1 aromatic carbocycles. The van der Waals surface area contributed by atoms with Crippen molar-refractivity contribution in [2.24, 2.45) is 21.8 Å². The van der Waals surface area contributed by atoms with Gasteiger partial charge in [0.2, 0.25) is 5.91 Å². The summed E-state index contributed by atoms with van der Waals surface area (Å²) in [5, 5.41) is 13.7. The van der Waals surface area contributed by atoms with Crippen LogP contribution in [0.4, 0.5) is 0 Å². The van der Waals surface area contributed by atoms with Gasteiger partial charge in [0.25, 0.3) is 0 Å². The predicted molar refractivity (Wildman–Crippen MR) is 86.5 cm³/mol. The molecule has 1 aromatic rings. The minimum Gasteiger partial charge on any atom is -0.507 e. The summed E-state index contributed by atoms with van der Waals surface area (Å²) in [5.41, 5.74) is 3.81. The second-order valence-electron chi connectivity index (χ2n) is 6.98. The van der Waals surface area contributed by atoms with E-state index in [4.69, 9.17) is 0 Å². The second kappa shape index (κ2) is 4.97. The Labute approximate surface area is 130 Å². The lowest BCUT2D eigenvalue weighted by Crippen LogP contribution is -2.39. The molecule has 2 N–H and O–H groups in total. The summed E-state index contributed by atoms with van der Waals surface area (Å²) in [6.07, 6.45) is 4.27. The van der Waals surface area contributed by atoms with Crippen molar-refractivity contribution in [1.82, 2.24) is 5.43 Å². The maximum Gasteiger partial charge on any atom is 0.250 e. The molecule has 0 aliphatic heterocycles. The van der Waals surface area contributed by atoms with Crippen LogP contribution in [-0.4, -0.2) is 17.2 Å². The Balaban J connectivity index is 1.73. The van der Waals surface area contributed by atoms with Gasteiger partial charge in [0.15, 0.2) is 0 Å². The number of para-hydroxylation sites is 1. The molecule has 0 saturated heterocycles. The summed E-state index contributed by atoms with van der Waals surface area (Å²) < 4.78 is 0. The van der Waals surface area contributed by atoms with Crippen molar-refractivity contribution in [1.29, 1.82) is 0 Å². The lowest BCUT2D eigenvalue weighted by molar-refractivity contribution is -0.128. The standard InChI is InChI=1S/C18H22N2O2/c1-12-17(2,3)14-8-9-18(12,10-14)16(22)20-19-11-13-6-4-5-7-15(13)21/h4-7,11,14,21H,1,8-10H2,2-3H3,(H,20,22)/b19-11+. The molecule has 2 unspecified atom stereocenters. The van der Waals surface area contributed by atoms with Crippen molar-refractivity contribution >= 4 is 12.1 Å². The lowest BCUT2D eigenvalue weighted by atomic mass is 9.68. The second-order valence-corrected chi connectivity index (χ2v) is 6.98. The monoisotopic (exact) mass is 298 g/mol. The number of amides is 1. The SMILES string of the molecule is C=C1C2(C(=O)N/N=C/c3ccccc3O)CCC(C2)C1(C)C. The number of rotatable bonds is 3. The van der Waals surface area contributed by atoms with Crippen LogP contribution in [-0.2, 0) is 4.79 Å². The van der Waals surface area contributed by atoms with E-state index >= 15 is 0 Å². The molecular formula is C18H22N2O2. The highest BCUT2D eigenvalue weighted by molar-refractivity contribution is 5.89. The van der Waals surface area contributed by atoms with Crippen LogP contribution < -0.4 is 5.43 Å². The molecule has 2 saturated carbocycles. The minimum atomic E-state index is -0.468. The van der Waals surface area contributed by atoms with E-state index < -0.39 is 5.41 Å². The van der Waals surface area contributed by atoms with Crippen LogP contribution in [0.1, 0.15) is 38.7 Å². The smallest absolute Gasteiger partial charge is 0.250 e. The van der Waals surface area contributed by atoms with Gasteiger partial charge in [-0.3, -0.25) is 4.79 Å². The number of hydrazone groups is 1. The molecule has 4 heteroatoms. The molecule has 2 atom stereocenters. The number of phenolic OH excluding ortho intramolecular Hbond substituents is 1. The number of carbonyl (C=O) groups is 1. The van der Waals surface area contributed by atoms with E-state index in [1.54, 1.807) is 18.2 Å². The first kappa shape index (κ1) is 14.8. The Morgan fingerprint density at radius 1 is 1.45 bits per heavy atom. The maximum absolute atomic E-state index is 12.7.